The molecule has 0 spiro atoms. The molecule has 1 aliphatic rings. The highest BCUT2D eigenvalue weighted by Gasteiger charge is 2.27. The molecule has 0 heterocycles. The standard InChI is InChI=1S/C35H34O9/c1-21(2)33(37)43-25-9-11-26(12-10-25)44-35(39)24-8-14-28-29-15-13-27(20-31(29)23(4)30(28)19-24)41-16-6-7-17-42-34(38)22(3)18-32(36)40-5/h8-15,19-20,23H,1,3,6-7,16-18H2,2,4-5H3. The number of rotatable bonds is 13. The molecule has 0 saturated carbocycles. The van der Waals surface area contributed by atoms with Crippen LogP contribution in [0.5, 0.6) is 17.2 Å². The minimum Gasteiger partial charge on any atom is -0.494 e. The predicted octanol–water partition coefficient (Wildman–Crippen LogP) is 6.34. The lowest BCUT2D eigenvalue weighted by molar-refractivity contribution is -0.144. The van der Waals surface area contributed by atoms with Gasteiger partial charge in [-0.25, -0.2) is 14.4 Å². The first kappa shape index (κ1) is 31.7. The van der Waals surface area contributed by atoms with Crippen LogP contribution in [0.25, 0.3) is 11.1 Å². The molecule has 0 aromatic heterocycles. The number of hydrogen-bond donors (Lipinski definition) is 0. The van der Waals surface area contributed by atoms with Crippen molar-refractivity contribution in [1.29, 1.82) is 0 Å². The van der Waals surface area contributed by atoms with Crippen molar-refractivity contribution in [3.8, 4) is 28.4 Å². The van der Waals surface area contributed by atoms with Gasteiger partial charge in [0.15, 0.2) is 0 Å². The Balaban J connectivity index is 1.28. The van der Waals surface area contributed by atoms with E-state index in [1.54, 1.807) is 37.3 Å². The molecule has 0 bridgehead atoms. The SMILES string of the molecule is C=C(C)C(=O)Oc1ccc(OC(=O)c2ccc3c(c2)C(C)c2cc(OCCCCOC(=O)C(=C)CC(=O)OC)ccc2-3)cc1. The second-order valence-electron chi connectivity index (χ2n) is 10.4. The van der Waals surface area contributed by atoms with Crippen LogP contribution in [0, 0.1) is 0 Å². The van der Waals surface area contributed by atoms with E-state index in [0.29, 0.717) is 36.5 Å². The van der Waals surface area contributed by atoms with Crippen molar-refractivity contribution in [2.45, 2.75) is 39.0 Å². The number of ether oxygens (including phenoxy) is 5. The average molecular weight is 599 g/mol. The van der Waals surface area contributed by atoms with Gasteiger partial charge in [-0.3, -0.25) is 4.79 Å². The zero-order valence-electron chi connectivity index (χ0n) is 25.0. The number of unbranched alkanes of at least 4 members (excludes halogenated alkanes) is 1. The van der Waals surface area contributed by atoms with Gasteiger partial charge in [-0.2, -0.15) is 0 Å². The zero-order valence-corrected chi connectivity index (χ0v) is 25.0. The van der Waals surface area contributed by atoms with Gasteiger partial charge < -0.3 is 23.7 Å². The molecule has 0 aliphatic heterocycles. The van der Waals surface area contributed by atoms with Gasteiger partial charge in [-0.15, -0.1) is 0 Å². The summed E-state index contributed by atoms with van der Waals surface area (Å²) in [6, 6.07) is 17.7. The molecule has 9 heteroatoms. The first-order valence-corrected chi connectivity index (χ1v) is 14.1. The molecular weight excluding hydrogens is 564 g/mol. The van der Waals surface area contributed by atoms with Crippen molar-refractivity contribution < 1.29 is 42.9 Å². The molecule has 44 heavy (non-hydrogen) atoms. The van der Waals surface area contributed by atoms with Gasteiger partial charge in [-0.1, -0.05) is 32.2 Å². The first-order valence-electron chi connectivity index (χ1n) is 14.1. The summed E-state index contributed by atoms with van der Waals surface area (Å²) < 4.78 is 26.3. The van der Waals surface area contributed by atoms with E-state index < -0.39 is 23.9 Å². The van der Waals surface area contributed by atoms with Gasteiger partial charge in [0, 0.05) is 17.1 Å². The van der Waals surface area contributed by atoms with E-state index >= 15 is 0 Å². The molecule has 1 aliphatic carbocycles. The van der Waals surface area contributed by atoms with Crippen LogP contribution < -0.4 is 14.2 Å². The molecule has 9 nitrogen and oxygen atoms in total. The Labute approximate surface area is 256 Å². The van der Waals surface area contributed by atoms with Crippen LogP contribution in [0.4, 0.5) is 0 Å². The number of esters is 4. The lowest BCUT2D eigenvalue weighted by atomic mass is 9.98. The number of methoxy groups -OCH3 is 1. The van der Waals surface area contributed by atoms with E-state index in [9.17, 15) is 19.2 Å². The normalized spacial score (nSPS) is 12.8. The third-order valence-corrected chi connectivity index (χ3v) is 7.04. The Morgan fingerprint density at radius 1 is 0.750 bits per heavy atom. The van der Waals surface area contributed by atoms with Gasteiger partial charge >= 0.3 is 23.9 Å². The molecule has 0 saturated heterocycles. The maximum Gasteiger partial charge on any atom is 0.343 e. The van der Waals surface area contributed by atoms with Crippen LogP contribution in [0.1, 0.15) is 60.5 Å². The Kier molecular flexibility index (Phi) is 10.3. The van der Waals surface area contributed by atoms with E-state index in [-0.39, 0.29) is 30.1 Å². The Bertz CT molecular complexity index is 1600. The first-order chi connectivity index (χ1) is 21.1. The third kappa shape index (κ3) is 7.80. The fraction of sp³-hybridized carbons (Fsp3) is 0.257. The number of hydrogen-bond acceptors (Lipinski definition) is 9. The van der Waals surface area contributed by atoms with E-state index in [4.69, 9.17) is 18.9 Å². The van der Waals surface area contributed by atoms with Crippen LogP contribution in [-0.2, 0) is 23.9 Å². The molecule has 4 rings (SSSR count). The average Bonchev–Trinajstić information content (AvgIpc) is 3.29. The van der Waals surface area contributed by atoms with Crippen LogP contribution in [0.15, 0.2) is 85.0 Å². The summed E-state index contributed by atoms with van der Waals surface area (Å²) in [5.74, 6) is -0.765. The molecule has 3 aromatic rings. The lowest BCUT2D eigenvalue weighted by Crippen LogP contribution is -2.13. The van der Waals surface area contributed by atoms with Gasteiger partial charge in [0.2, 0.25) is 0 Å². The summed E-state index contributed by atoms with van der Waals surface area (Å²) in [6.07, 6.45) is 1.06. The highest BCUT2D eigenvalue weighted by molar-refractivity contribution is 5.94. The minimum atomic E-state index is -0.614. The monoisotopic (exact) mass is 598 g/mol. The summed E-state index contributed by atoms with van der Waals surface area (Å²) >= 11 is 0. The molecule has 0 radical (unpaired) electrons. The summed E-state index contributed by atoms with van der Waals surface area (Å²) in [5, 5.41) is 0. The molecule has 0 fully saturated rings. The predicted molar refractivity (Wildman–Crippen MR) is 163 cm³/mol. The fourth-order valence-electron chi connectivity index (χ4n) is 4.61. The van der Waals surface area contributed by atoms with Gasteiger partial charge in [0.1, 0.15) is 17.2 Å². The van der Waals surface area contributed by atoms with Crippen molar-refractivity contribution in [3.63, 3.8) is 0 Å². The van der Waals surface area contributed by atoms with Gasteiger partial charge in [0.25, 0.3) is 0 Å². The van der Waals surface area contributed by atoms with E-state index in [1.807, 2.05) is 30.3 Å². The van der Waals surface area contributed by atoms with Crippen LogP contribution in [0.3, 0.4) is 0 Å². The largest absolute Gasteiger partial charge is 0.494 e. The highest BCUT2D eigenvalue weighted by Crippen LogP contribution is 2.46. The highest BCUT2D eigenvalue weighted by atomic mass is 16.5. The minimum absolute atomic E-state index is 0.0380. The number of carbonyl (C=O) groups is 4. The van der Waals surface area contributed by atoms with Crippen LogP contribution >= 0.6 is 0 Å². The molecule has 0 N–H and O–H groups in total. The smallest absolute Gasteiger partial charge is 0.343 e. The third-order valence-electron chi connectivity index (χ3n) is 7.04. The Morgan fingerprint density at radius 2 is 1.34 bits per heavy atom. The summed E-state index contributed by atoms with van der Waals surface area (Å²) in [5.41, 5.74) is 5.01. The van der Waals surface area contributed by atoms with Crippen LogP contribution in [0.2, 0.25) is 0 Å². The van der Waals surface area contributed by atoms with Crippen molar-refractivity contribution in [2.75, 3.05) is 20.3 Å². The van der Waals surface area contributed by atoms with Crippen molar-refractivity contribution in [2.24, 2.45) is 0 Å². The second-order valence-corrected chi connectivity index (χ2v) is 10.4. The van der Waals surface area contributed by atoms with E-state index in [0.717, 1.165) is 28.0 Å². The van der Waals surface area contributed by atoms with Gasteiger partial charge in [0.05, 0.1) is 32.3 Å². The molecule has 1 atom stereocenters. The summed E-state index contributed by atoms with van der Waals surface area (Å²) in [6.45, 7) is 11.4. The Morgan fingerprint density at radius 3 is 2.00 bits per heavy atom. The molecule has 1 unspecified atom stereocenters. The van der Waals surface area contributed by atoms with Crippen molar-refractivity contribution in [3.05, 3.63) is 102 Å². The molecule has 228 valence electrons. The maximum atomic E-state index is 12.9. The summed E-state index contributed by atoms with van der Waals surface area (Å²) in [4.78, 5) is 47.7. The quantitative estimate of drug-likeness (QED) is 0.0962. The number of carbonyl (C=O) groups excluding carboxylic acids is 4. The fourth-order valence-corrected chi connectivity index (χ4v) is 4.61. The zero-order chi connectivity index (χ0) is 31.8. The lowest BCUT2D eigenvalue weighted by Gasteiger charge is -2.11. The number of benzene rings is 3. The molecular formula is C35H34O9. The maximum absolute atomic E-state index is 12.9. The van der Waals surface area contributed by atoms with Gasteiger partial charge in [-0.05, 0) is 90.6 Å². The molecule has 0 amide bonds. The Hall–Kier alpha value is -5.18. The molecule has 3 aromatic carbocycles. The van der Waals surface area contributed by atoms with Crippen molar-refractivity contribution >= 4 is 23.9 Å². The number of fused-ring (bicyclic) bond motifs is 3. The topological polar surface area (TPSA) is 114 Å². The van der Waals surface area contributed by atoms with E-state index in [1.165, 1.54) is 7.11 Å². The van der Waals surface area contributed by atoms with Crippen LogP contribution in [-0.4, -0.2) is 44.2 Å². The van der Waals surface area contributed by atoms with Crippen molar-refractivity contribution in [1.82, 2.24) is 0 Å². The summed E-state index contributed by atoms with van der Waals surface area (Å²) in [7, 11) is 1.24. The van der Waals surface area contributed by atoms with E-state index in [2.05, 4.69) is 24.8 Å². The second kappa shape index (κ2) is 14.3.